The van der Waals surface area contributed by atoms with Crippen LogP contribution in [0.4, 0.5) is 10.5 Å². The number of aliphatic hydroxyl groups excluding tert-OH is 1. The third-order valence-electron chi connectivity index (χ3n) is 6.81. The molecule has 4 N–H and O–H groups in total. The molecule has 0 saturated carbocycles. The SMILES string of the molecule is CNc1ccc(-n2nc([C@H](O)[C@@H](NC(=O)[C@@H]3CCCN3C(=O)[C@@H](NC(=O)OC)C(C)C)C(C)C)oc2=O)cc1. The van der Waals surface area contributed by atoms with Gasteiger partial charge in [0.15, 0.2) is 6.10 Å². The summed E-state index contributed by atoms with van der Waals surface area (Å²) in [4.78, 5) is 52.4. The number of hydrogen-bond acceptors (Lipinski definition) is 9. The van der Waals surface area contributed by atoms with Crippen molar-refractivity contribution in [1.82, 2.24) is 25.3 Å². The van der Waals surface area contributed by atoms with Gasteiger partial charge in [0.1, 0.15) is 12.1 Å². The van der Waals surface area contributed by atoms with Crippen molar-refractivity contribution in [3.05, 3.63) is 40.7 Å². The number of aromatic nitrogens is 2. The van der Waals surface area contributed by atoms with E-state index >= 15 is 0 Å². The number of nitrogens with zero attached hydrogens (tertiary/aromatic N) is 3. The van der Waals surface area contributed by atoms with Gasteiger partial charge in [0.25, 0.3) is 0 Å². The van der Waals surface area contributed by atoms with Gasteiger partial charge in [-0.1, -0.05) is 27.7 Å². The lowest BCUT2D eigenvalue weighted by Crippen LogP contribution is -2.56. The number of benzene rings is 1. The number of likely N-dealkylation sites (tertiary alicyclic amines) is 1. The first-order chi connectivity index (χ1) is 18.5. The van der Waals surface area contributed by atoms with Crippen molar-refractivity contribution in [2.24, 2.45) is 11.8 Å². The molecule has 2 aromatic rings. The maximum absolute atomic E-state index is 13.4. The first-order valence-corrected chi connectivity index (χ1v) is 13.0. The van der Waals surface area contributed by atoms with Gasteiger partial charge in [-0.2, -0.15) is 4.68 Å². The van der Waals surface area contributed by atoms with Gasteiger partial charge in [0.2, 0.25) is 17.7 Å². The molecule has 0 bridgehead atoms. The number of amides is 3. The van der Waals surface area contributed by atoms with Crippen LogP contribution in [0.3, 0.4) is 0 Å². The highest BCUT2D eigenvalue weighted by Gasteiger charge is 2.40. The molecule has 1 aliphatic heterocycles. The molecule has 0 unspecified atom stereocenters. The van der Waals surface area contributed by atoms with Crippen LogP contribution in [0.25, 0.3) is 5.69 Å². The van der Waals surface area contributed by atoms with Crippen LogP contribution in [0.15, 0.2) is 33.5 Å². The number of anilines is 1. The number of methoxy groups -OCH3 is 1. The maximum atomic E-state index is 13.4. The fourth-order valence-electron chi connectivity index (χ4n) is 4.55. The van der Waals surface area contributed by atoms with Crippen molar-refractivity contribution in [3.8, 4) is 5.69 Å². The molecule has 3 rings (SSSR count). The Hall–Kier alpha value is -3.87. The maximum Gasteiger partial charge on any atom is 0.442 e. The number of ether oxygens (including phenoxy) is 1. The molecule has 4 atom stereocenters. The summed E-state index contributed by atoms with van der Waals surface area (Å²) in [5.41, 5.74) is 1.30. The Morgan fingerprint density at radius 3 is 2.33 bits per heavy atom. The molecule has 1 saturated heterocycles. The lowest BCUT2D eigenvalue weighted by molar-refractivity contribution is -0.141. The van der Waals surface area contributed by atoms with Gasteiger partial charge in [-0.05, 0) is 48.9 Å². The summed E-state index contributed by atoms with van der Waals surface area (Å²) >= 11 is 0. The number of carbonyl (C=O) groups excluding carboxylic acids is 3. The number of hydrogen-bond donors (Lipinski definition) is 4. The molecular formula is C26H38N6O7. The van der Waals surface area contributed by atoms with Gasteiger partial charge in [0.05, 0.1) is 18.8 Å². The third kappa shape index (κ3) is 6.77. The van der Waals surface area contributed by atoms with Gasteiger partial charge >= 0.3 is 11.8 Å². The van der Waals surface area contributed by atoms with E-state index in [1.165, 1.54) is 12.0 Å². The molecule has 1 fully saturated rings. The van der Waals surface area contributed by atoms with Crippen molar-refractivity contribution < 1.29 is 28.6 Å². The Kier molecular flexibility index (Phi) is 9.73. The van der Waals surface area contributed by atoms with Gasteiger partial charge < -0.3 is 35.1 Å². The molecular weight excluding hydrogens is 508 g/mol. The average Bonchev–Trinajstić information content (AvgIpc) is 3.56. The average molecular weight is 547 g/mol. The largest absolute Gasteiger partial charge is 0.453 e. The molecule has 214 valence electrons. The third-order valence-corrected chi connectivity index (χ3v) is 6.81. The fourth-order valence-corrected chi connectivity index (χ4v) is 4.55. The molecule has 0 spiro atoms. The Morgan fingerprint density at radius 2 is 1.77 bits per heavy atom. The minimum absolute atomic E-state index is 0.237. The second-order valence-electron chi connectivity index (χ2n) is 10.2. The van der Waals surface area contributed by atoms with Gasteiger partial charge in [-0.3, -0.25) is 9.59 Å². The van der Waals surface area contributed by atoms with E-state index in [9.17, 15) is 24.3 Å². The molecule has 1 aromatic heterocycles. The van der Waals surface area contributed by atoms with E-state index in [1.54, 1.807) is 59.0 Å². The van der Waals surface area contributed by atoms with Crippen molar-refractivity contribution in [3.63, 3.8) is 0 Å². The molecule has 0 aliphatic carbocycles. The minimum atomic E-state index is -1.42. The monoisotopic (exact) mass is 546 g/mol. The van der Waals surface area contributed by atoms with Crippen LogP contribution >= 0.6 is 0 Å². The highest BCUT2D eigenvalue weighted by atomic mass is 16.5. The van der Waals surface area contributed by atoms with E-state index < -0.39 is 42.0 Å². The van der Waals surface area contributed by atoms with Crippen LogP contribution in [0.2, 0.25) is 0 Å². The molecule has 2 heterocycles. The normalized spacial score (nSPS) is 17.6. The summed E-state index contributed by atoms with van der Waals surface area (Å²) in [5.74, 6) is -2.37. The van der Waals surface area contributed by atoms with Crippen LogP contribution < -0.4 is 21.7 Å². The summed E-state index contributed by atoms with van der Waals surface area (Å²) < 4.78 is 10.9. The highest BCUT2D eigenvalue weighted by Crippen LogP contribution is 2.24. The van der Waals surface area contributed by atoms with E-state index in [1.807, 2.05) is 0 Å². The van der Waals surface area contributed by atoms with Crippen LogP contribution in [0, 0.1) is 11.8 Å². The lowest BCUT2D eigenvalue weighted by Gasteiger charge is -2.32. The summed E-state index contributed by atoms with van der Waals surface area (Å²) in [6, 6.07) is 4.38. The van der Waals surface area contributed by atoms with E-state index in [0.29, 0.717) is 25.1 Å². The van der Waals surface area contributed by atoms with E-state index in [2.05, 4.69) is 25.8 Å². The van der Waals surface area contributed by atoms with Gasteiger partial charge in [0, 0.05) is 19.3 Å². The summed E-state index contributed by atoms with van der Waals surface area (Å²) in [7, 11) is 2.99. The number of alkyl carbamates (subject to hydrolysis) is 1. The van der Waals surface area contributed by atoms with E-state index in [4.69, 9.17) is 4.42 Å². The van der Waals surface area contributed by atoms with Crippen LogP contribution in [0.1, 0.15) is 52.5 Å². The molecule has 13 heteroatoms. The van der Waals surface area contributed by atoms with Crippen molar-refractivity contribution >= 4 is 23.6 Å². The molecule has 0 radical (unpaired) electrons. The second-order valence-corrected chi connectivity index (χ2v) is 10.2. The number of rotatable bonds is 10. The van der Waals surface area contributed by atoms with Gasteiger partial charge in [-0.15, -0.1) is 5.10 Å². The molecule has 1 aromatic carbocycles. The number of nitrogens with one attached hydrogen (secondary N) is 3. The van der Waals surface area contributed by atoms with Crippen molar-refractivity contribution in [2.45, 2.75) is 64.8 Å². The Balaban J connectivity index is 1.77. The zero-order valence-electron chi connectivity index (χ0n) is 23.1. The standard InChI is InChI=1S/C26H38N6O7/c1-14(2)19(21(33)23-30-32(26(37)39-23)17-11-9-16(27-5)10-12-17)28-22(34)18-8-7-13-31(18)24(35)20(15(3)4)29-25(36)38-6/h9-12,14-15,18-21,27,33H,7-8,13H2,1-6H3,(H,28,34)(H,29,36)/t18-,19-,20-,21+/m0/s1. The fraction of sp³-hybridized carbons (Fsp3) is 0.577. The summed E-state index contributed by atoms with van der Waals surface area (Å²) in [6.45, 7) is 7.52. The zero-order chi connectivity index (χ0) is 28.9. The number of aliphatic hydroxyl groups is 1. The predicted molar refractivity (Wildman–Crippen MR) is 142 cm³/mol. The first kappa shape index (κ1) is 29.7. The molecule has 3 amide bonds. The smallest absolute Gasteiger partial charge is 0.442 e. The van der Waals surface area contributed by atoms with E-state index in [-0.39, 0.29) is 23.6 Å². The highest BCUT2D eigenvalue weighted by molar-refractivity contribution is 5.92. The zero-order valence-corrected chi connectivity index (χ0v) is 23.1. The Bertz CT molecular complexity index is 1210. The molecule has 39 heavy (non-hydrogen) atoms. The van der Waals surface area contributed by atoms with Crippen LogP contribution in [-0.4, -0.2) is 76.5 Å². The molecule has 13 nitrogen and oxygen atoms in total. The van der Waals surface area contributed by atoms with Crippen molar-refractivity contribution in [2.75, 3.05) is 26.0 Å². The van der Waals surface area contributed by atoms with Crippen LogP contribution in [0.5, 0.6) is 0 Å². The van der Waals surface area contributed by atoms with Crippen molar-refractivity contribution in [1.29, 1.82) is 0 Å². The minimum Gasteiger partial charge on any atom is -0.453 e. The van der Waals surface area contributed by atoms with Crippen LogP contribution in [-0.2, 0) is 14.3 Å². The summed E-state index contributed by atoms with van der Waals surface area (Å²) in [6.07, 6.45) is -1.13. The number of carbonyl (C=O) groups is 3. The van der Waals surface area contributed by atoms with E-state index in [0.717, 1.165) is 10.4 Å². The second kappa shape index (κ2) is 12.8. The quantitative estimate of drug-likeness (QED) is 0.344. The predicted octanol–water partition coefficient (Wildman–Crippen LogP) is 1.41. The Morgan fingerprint density at radius 1 is 1.10 bits per heavy atom. The lowest BCUT2D eigenvalue weighted by atomic mass is 9.97. The summed E-state index contributed by atoms with van der Waals surface area (Å²) in [5, 5.41) is 23.6. The van der Waals surface area contributed by atoms with Gasteiger partial charge in [-0.25, -0.2) is 9.59 Å². The molecule has 1 aliphatic rings. The topological polar surface area (TPSA) is 168 Å². The first-order valence-electron chi connectivity index (χ1n) is 13.0. The Labute approximate surface area is 226 Å².